The van der Waals surface area contributed by atoms with Gasteiger partial charge in [0.15, 0.2) is 0 Å². The van der Waals surface area contributed by atoms with Gasteiger partial charge in [-0.15, -0.1) is 0 Å². The zero-order chi connectivity index (χ0) is 25.6. The lowest BCUT2D eigenvalue weighted by Gasteiger charge is -2.37. The average Bonchev–Trinajstić information content (AvgIpc) is 3.34. The molecule has 3 aromatic carbocycles. The van der Waals surface area contributed by atoms with Crippen molar-refractivity contribution in [2.45, 2.75) is 39.0 Å². The maximum Gasteiger partial charge on any atom is 0.350 e. The summed E-state index contributed by atoms with van der Waals surface area (Å²) < 4.78 is 9.28. The minimum Gasteiger partial charge on any atom is -0.372 e. The third-order valence-electron chi connectivity index (χ3n) is 7.22. The molecule has 0 N–H and O–H groups in total. The van der Waals surface area contributed by atoms with Crippen molar-refractivity contribution in [2.75, 3.05) is 36.0 Å². The van der Waals surface area contributed by atoms with E-state index in [2.05, 4.69) is 64.3 Å². The summed E-state index contributed by atoms with van der Waals surface area (Å²) in [5.74, 6) is 0. The number of hydrogen-bond donors (Lipinski definition) is 0. The Morgan fingerprint density at radius 2 is 1.32 bits per heavy atom. The van der Waals surface area contributed by atoms with Gasteiger partial charge in [0, 0.05) is 37.6 Å². The summed E-state index contributed by atoms with van der Waals surface area (Å²) in [5, 5.41) is 4.46. The minimum absolute atomic E-state index is 0.141. The van der Waals surface area contributed by atoms with Gasteiger partial charge in [-0.3, -0.25) is 0 Å². The van der Waals surface area contributed by atoms with Crippen molar-refractivity contribution in [3.8, 4) is 5.69 Å². The molecule has 4 aromatic rings. The van der Waals surface area contributed by atoms with E-state index < -0.39 is 0 Å². The molecule has 37 heavy (non-hydrogen) atoms. The van der Waals surface area contributed by atoms with Gasteiger partial charge >= 0.3 is 5.69 Å². The molecule has 0 aliphatic carbocycles. The normalized spacial score (nSPS) is 15.5. The fraction of sp³-hybridized carbons (Fsp3) is 0.333. The SMILES string of the molecule is CC[C@@H]([C@H](C)OCc1ccccc1)n1ncn(-c2ccc(N3CCN(c4ccccc4)CC3)cc2)c1=O. The van der Waals surface area contributed by atoms with Crippen molar-refractivity contribution < 1.29 is 4.74 Å². The van der Waals surface area contributed by atoms with Gasteiger partial charge in [0.1, 0.15) is 6.33 Å². The largest absolute Gasteiger partial charge is 0.372 e. The molecular formula is C30H35N5O2. The van der Waals surface area contributed by atoms with E-state index in [4.69, 9.17) is 4.74 Å². The summed E-state index contributed by atoms with van der Waals surface area (Å²) in [4.78, 5) is 18.1. The number of ether oxygens (including phenoxy) is 1. The number of piperazine rings is 1. The first-order chi connectivity index (χ1) is 18.1. The van der Waals surface area contributed by atoms with Crippen LogP contribution in [-0.2, 0) is 11.3 Å². The Morgan fingerprint density at radius 3 is 1.92 bits per heavy atom. The van der Waals surface area contributed by atoms with E-state index in [1.165, 1.54) is 11.4 Å². The second-order valence-electron chi connectivity index (χ2n) is 9.53. The van der Waals surface area contributed by atoms with Crippen LogP contribution in [0.5, 0.6) is 0 Å². The van der Waals surface area contributed by atoms with E-state index in [0.717, 1.165) is 43.9 Å². The van der Waals surface area contributed by atoms with Crippen molar-refractivity contribution in [1.29, 1.82) is 0 Å². The van der Waals surface area contributed by atoms with Crippen molar-refractivity contribution in [2.24, 2.45) is 0 Å². The smallest absolute Gasteiger partial charge is 0.350 e. The van der Waals surface area contributed by atoms with Gasteiger partial charge in [-0.05, 0) is 55.3 Å². The lowest BCUT2D eigenvalue weighted by molar-refractivity contribution is 0.0117. The van der Waals surface area contributed by atoms with Crippen molar-refractivity contribution >= 4 is 11.4 Å². The molecule has 192 valence electrons. The monoisotopic (exact) mass is 497 g/mol. The fourth-order valence-electron chi connectivity index (χ4n) is 5.02. The van der Waals surface area contributed by atoms with E-state index in [1.54, 1.807) is 15.6 Å². The van der Waals surface area contributed by atoms with E-state index in [0.29, 0.717) is 6.61 Å². The highest BCUT2D eigenvalue weighted by Crippen LogP contribution is 2.22. The molecular weight excluding hydrogens is 462 g/mol. The molecule has 0 amide bonds. The Balaban J connectivity index is 1.23. The quantitative estimate of drug-likeness (QED) is 0.329. The van der Waals surface area contributed by atoms with Crippen LogP contribution < -0.4 is 15.5 Å². The summed E-state index contributed by atoms with van der Waals surface area (Å²) in [6.45, 7) is 8.48. The number of benzene rings is 3. The summed E-state index contributed by atoms with van der Waals surface area (Å²) in [6, 6.07) is 28.7. The van der Waals surface area contributed by atoms with Gasteiger partial charge in [0.05, 0.1) is 24.4 Å². The molecule has 0 unspecified atom stereocenters. The first-order valence-electron chi connectivity index (χ1n) is 13.1. The molecule has 1 aromatic heterocycles. The Kier molecular flexibility index (Phi) is 7.70. The third-order valence-corrected chi connectivity index (χ3v) is 7.22. The van der Waals surface area contributed by atoms with Crippen LogP contribution in [0.1, 0.15) is 31.9 Å². The van der Waals surface area contributed by atoms with Crippen LogP contribution >= 0.6 is 0 Å². The van der Waals surface area contributed by atoms with Gasteiger partial charge in [-0.1, -0.05) is 55.5 Å². The van der Waals surface area contributed by atoms with E-state index in [-0.39, 0.29) is 17.8 Å². The Morgan fingerprint density at radius 1 is 0.784 bits per heavy atom. The summed E-state index contributed by atoms with van der Waals surface area (Å²) in [6.07, 6.45) is 2.21. The van der Waals surface area contributed by atoms with Crippen LogP contribution in [0.15, 0.2) is 96.1 Å². The molecule has 7 nitrogen and oxygen atoms in total. The second kappa shape index (κ2) is 11.5. The highest BCUT2D eigenvalue weighted by Gasteiger charge is 2.23. The lowest BCUT2D eigenvalue weighted by atomic mass is 10.1. The van der Waals surface area contributed by atoms with Crippen LogP contribution in [0.2, 0.25) is 0 Å². The van der Waals surface area contributed by atoms with Crippen molar-refractivity contribution in [1.82, 2.24) is 14.3 Å². The molecule has 0 radical (unpaired) electrons. The maximum atomic E-state index is 13.3. The molecule has 0 saturated carbocycles. The van der Waals surface area contributed by atoms with Gasteiger partial charge in [-0.25, -0.2) is 14.0 Å². The van der Waals surface area contributed by atoms with E-state index >= 15 is 0 Å². The van der Waals surface area contributed by atoms with Crippen LogP contribution in [0.3, 0.4) is 0 Å². The predicted molar refractivity (Wildman–Crippen MR) is 149 cm³/mol. The first kappa shape index (κ1) is 24.8. The van der Waals surface area contributed by atoms with Gasteiger partial charge in [0.25, 0.3) is 0 Å². The topological polar surface area (TPSA) is 55.5 Å². The molecule has 1 aliphatic heterocycles. The number of rotatable bonds is 9. The third kappa shape index (κ3) is 5.62. The summed E-state index contributed by atoms with van der Waals surface area (Å²) in [7, 11) is 0. The Bertz CT molecular complexity index is 1310. The minimum atomic E-state index is -0.150. The average molecular weight is 498 g/mol. The molecule has 7 heteroatoms. The lowest BCUT2D eigenvalue weighted by Crippen LogP contribution is -2.46. The number of aromatic nitrogens is 3. The van der Waals surface area contributed by atoms with Gasteiger partial charge in [0.2, 0.25) is 0 Å². The molecule has 0 bridgehead atoms. The maximum absolute atomic E-state index is 13.3. The van der Waals surface area contributed by atoms with Crippen molar-refractivity contribution in [3.05, 3.63) is 107 Å². The fourth-order valence-corrected chi connectivity index (χ4v) is 5.02. The first-order valence-corrected chi connectivity index (χ1v) is 13.1. The second-order valence-corrected chi connectivity index (χ2v) is 9.53. The molecule has 0 spiro atoms. The zero-order valence-electron chi connectivity index (χ0n) is 21.6. The van der Waals surface area contributed by atoms with Gasteiger partial charge in [-0.2, -0.15) is 5.10 Å². The molecule has 1 saturated heterocycles. The Labute approximate surface area is 218 Å². The summed E-state index contributed by atoms with van der Waals surface area (Å²) in [5.41, 5.74) is 4.23. The molecule has 2 atom stereocenters. The van der Waals surface area contributed by atoms with Crippen LogP contribution in [0.4, 0.5) is 11.4 Å². The molecule has 5 rings (SSSR count). The molecule has 1 fully saturated rings. The van der Waals surface area contributed by atoms with Crippen LogP contribution in [-0.4, -0.2) is 46.6 Å². The van der Waals surface area contributed by atoms with Crippen molar-refractivity contribution in [3.63, 3.8) is 0 Å². The molecule has 2 heterocycles. The number of hydrogen-bond acceptors (Lipinski definition) is 5. The predicted octanol–water partition coefficient (Wildman–Crippen LogP) is 4.92. The van der Waals surface area contributed by atoms with Crippen LogP contribution in [0, 0.1) is 0 Å². The highest BCUT2D eigenvalue weighted by molar-refractivity contribution is 5.54. The number of anilines is 2. The van der Waals surface area contributed by atoms with Crippen LogP contribution in [0.25, 0.3) is 5.69 Å². The van der Waals surface area contributed by atoms with E-state index in [9.17, 15) is 4.79 Å². The Hall–Kier alpha value is -3.84. The standard InChI is InChI=1S/C30H35N5O2/c1-3-29(24(2)37-22-25-10-6-4-7-11-25)35-30(36)34(23-31-35)28-16-14-27(15-17-28)33-20-18-32(19-21-33)26-12-8-5-9-13-26/h4-17,23-24,29H,3,18-22H2,1-2H3/t24-,29-/m0/s1. The highest BCUT2D eigenvalue weighted by atomic mass is 16.5. The van der Waals surface area contributed by atoms with E-state index in [1.807, 2.05) is 49.4 Å². The van der Waals surface area contributed by atoms with Gasteiger partial charge < -0.3 is 14.5 Å². The number of nitrogens with zero attached hydrogens (tertiary/aromatic N) is 5. The number of para-hydroxylation sites is 1. The summed E-state index contributed by atoms with van der Waals surface area (Å²) >= 11 is 0. The molecule has 1 aliphatic rings. The zero-order valence-corrected chi connectivity index (χ0v) is 21.6.